The van der Waals surface area contributed by atoms with E-state index >= 15 is 0 Å². The Morgan fingerprint density at radius 1 is 1.12 bits per heavy atom. The minimum Gasteiger partial charge on any atom is -0.357 e. The van der Waals surface area contributed by atoms with Gasteiger partial charge < -0.3 is 15.5 Å². The molecule has 1 rings (SSSR count). The predicted octanol–water partition coefficient (Wildman–Crippen LogP) is 3.37. The van der Waals surface area contributed by atoms with Gasteiger partial charge in [-0.15, -0.1) is 24.0 Å². The Morgan fingerprint density at radius 3 is 2.28 bits per heavy atom. The summed E-state index contributed by atoms with van der Waals surface area (Å²) in [5.41, 5.74) is 0.242. The molecule has 1 aromatic carbocycles. The Morgan fingerprint density at radius 2 is 1.76 bits per heavy atom. The number of halogens is 4. The highest BCUT2D eigenvalue weighted by Gasteiger charge is 2.29. The maximum absolute atomic E-state index is 12.5. The highest BCUT2D eigenvalue weighted by molar-refractivity contribution is 14.0. The lowest BCUT2D eigenvalue weighted by Crippen LogP contribution is -2.38. The molecule has 0 bridgehead atoms. The van der Waals surface area contributed by atoms with Crippen LogP contribution in [0.4, 0.5) is 13.2 Å². The summed E-state index contributed by atoms with van der Waals surface area (Å²) < 4.78 is 37.6. The minimum atomic E-state index is -4.28. The van der Waals surface area contributed by atoms with Crippen LogP contribution in [0.2, 0.25) is 0 Å². The lowest BCUT2D eigenvalue weighted by Gasteiger charge is -2.14. The second-order valence-corrected chi connectivity index (χ2v) is 5.53. The van der Waals surface area contributed by atoms with Crippen LogP contribution in [0.5, 0.6) is 0 Å². The quantitative estimate of drug-likeness (QED) is 0.347. The number of likely N-dealkylation sites (N-methyl/N-ethyl adjacent to an activating group) is 1. The number of nitrogens with zero attached hydrogens (tertiary/aromatic N) is 2. The highest BCUT2D eigenvalue weighted by Crippen LogP contribution is 2.29. The normalized spacial score (nSPS) is 12.0. The first-order valence-corrected chi connectivity index (χ1v) is 8.23. The maximum atomic E-state index is 12.5. The van der Waals surface area contributed by atoms with Gasteiger partial charge in [0.1, 0.15) is 0 Å². The summed E-state index contributed by atoms with van der Waals surface area (Å²) in [6.07, 6.45) is -3.65. The molecule has 0 aromatic heterocycles. The van der Waals surface area contributed by atoms with Crippen molar-refractivity contribution in [1.29, 1.82) is 0 Å². The zero-order valence-electron chi connectivity index (χ0n) is 15.0. The molecule has 0 heterocycles. The number of benzene rings is 1. The fourth-order valence-corrected chi connectivity index (χ4v) is 2.02. The van der Waals surface area contributed by atoms with Crippen LogP contribution < -0.4 is 10.6 Å². The van der Waals surface area contributed by atoms with Crippen molar-refractivity contribution in [3.8, 4) is 0 Å². The lowest BCUT2D eigenvalue weighted by molar-refractivity contribution is -0.137. The van der Waals surface area contributed by atoms with E-state index in [0.717, 1.165) is 43.3 Å². The number of rotatable bonds is 8. The van der Waals surface area contributed by atoms with Gasteiger partial charge in [-0.3, -0.25) is 4.99 Å². The predicted molar refractivity (Wildman–Crippen MR) is 108 cm³/mol. The van der Waals surface area contributed by atoms with Crippen molar-refractivity contribution >= 4 is 29.9 Å². The number of hydrogen-bond donors (Lipinski definition) is 2. The first kappa shape index (κ1) is 24.0. The number of guanidine groups is 1. The molecule has 8 heteroatoms. The molecule has 0 amide bonds. The zero-order valence-corrected chi connectivity index (χ0v) is 17.3. The summed E-state index contributed by atoms with van der Waals surface area (Å²) in [7, 11) is 2.04. The second kappa shape index (κ2) is 12.3. The number of alkyl halides is 3. The molecule has 0 unspecified atom stereocenters. The molecule has 0 fully saturated rings. The molecule has 144 valence electrons. The third-order valence-corrected chi connectivity index (χ3v) is 3.62. The molecular weight excluding hydrogens is 444 g/mol. The molecule has 0 atom stereocenters. The third kappa shape index (κ3) is 9.88. The topological polar surface area (TPSA) is 39.7 Å². The monoisotopic (exact) mass is 472 g/mol. The Kier molecular flexibility index (Phi) is 11.8. The molecular formula is C17H28F3IN4. The maximum Gasteiger partial charge on any atom is 0.416 e. The van der Waals surface area contributed by atoms with Crippen molar-refractivity contribution in [1.82, 2.24) is 15.5 Å². The van der Waals surface area contributed by atoms with Crippen LogP contribution in [0.25, 0.3) is 0 Å². The molecule has 0 aliphatic heterocycles. The largest absolute Gasteiger partial charge is 0.416 e. The summed E-state index contributed by atoms with van der Waals surface area (Å²) in [5.74, 6) is 0.730. The van der Waals surface area contributed by atoms with Crippen molar-refractivity contribution in [2.75, 3.05) is 39.8 Å². The first-order valence-electron chi connectivity index (χ1n) is 8.23. The number of aliphatic imine (C=N–C) groups is 1. The van der Waals surface area contributed by atoms with Crippen LogP contribution in [0, 0.1) is 0 Å². The molecule has 2 N–H and O–H groups in total. The molecule has 0 saturated heterocycles. The van der Waals surface area contributed by atoms with Gasteiger partial charge in [0.15, 0.2) is 5.96 Å². The Bertz CT molecular complexity index is 504. The third-order valence-electron chi connectivity index (χ3n) is 3.62. The fourth-order valence-electron chi connectivity index (χ4n) is 2.02. The summed E-state index contributed by atoms with van der Waals surface area (Å²) >= 11 is 0. The van der Waals surface area contributed by atoms with Crippen molar-refractivity contribution in [3.05, 3.63) is 35.4 Å². The molecule has 0 aliphatic rings. The van der Waals surface area contributed by atoms with Crippen molar-refractivity contribution in [3.63, 3.8) is 0 Å². The van der Waals surface area contributed by atoms with Crippen LogP contribution in [0.3, 0.4) is 0 Å². The van der Waals surface area contributed by atoms with Gasteiger partial charge in [-0.2, -0.15) is 13.2 Å². The minimum absolute atomic E-state index is 0. The Balaban J connectivity index is 0.00000576. The van der Waals surface area contributed by atoms with Crippen LogP contribution in [-0.4, -0.2) is 50.6 Å². The summed E-state index contributed by atoms with van der Waals surface area (Å²) in [6.45, 7) is 8.01. The van der Waals surface area contributed by atoms with E-state index in [1.807, 2.05) is 14.0 Å². The van der Waals surface area contributed by atoms with E-state index in [1.165, 1.54) is 12.1 Å². The summed E-state index contributed by atoms with van der Waals surface area (Å²) in [6, 6.07) is 5.28. The molecule has 4 nitrogen and oxygen atoms in total. The van der Waals surface area contributed by atoms with Crippen LogP contribution >= 0.6 is 24.0 Å². The standard InChI is InChI=1S/C17H27F3N4.HI/c1-4-21-16(23-12-13-24(3)5-2)22-11-10-14-6-8-15(9-7-14)17(18,19)20;/h6-9H,4-5,10-13H2,1-3H3,(H2,21,22,23);1H. The van der Waals surface area contributed by atoms with Gasteiger partial charge in [-0.1, -0.05) is 19.1 Å². The Hall–Kier alpha value is -1.03. The van der Waals surface area contributed by atoms with E-state index in [-0.39, 0.29) is 24.0 Å². The van der Waals surface area contributed by atoms with Crippen molar-refractivity contribution in [2.45, 2.75) is 26.4 Å². The van der Waals surface area contributed by atoms with Crippen LogP contribution in [-0.2, 0) is 12.6 Å². The van der Waals surface area contributed by atoms with Crippen LogP contribution in [0.15, 0.2) is 29.3 Å². The van der Waals surface area contributed by atoms with E-state index in [4.69, 9.17) is 0 Å². The molecule has 1 aromatic rings. The number of nitrogens with one attached hydrogen (secondary N) is 2. The SMILES string of the molecule is CCNC(=NCCN(C)CC)NCCc1ccc(C(F)(F)F)cc1.I. The van der Waals surface area contributed by atoms with E-state index in [9.17, 15) is 13.2 Å². The average Bonchev–Trinajstić information content (AvgIpc) is 2.54. The molecule has 0 spiro atoms. The van der Waals surface area contributed by atoms with Crippen molar-refractivity contribution < 1.29 is 13.2 Å². The van der Waals surface area contributed by atoms with Gasteiger partial charge in [0.05, 0.1) is 12.1 Å². The first-order chi connectivity index (χ1) is 11.4. The van der Waals surface area contributed by atoms with Crippen LogP contribution in [0.1, 0.15) is 25.0 Å². The summed E-state index contributed by atoms with van der Waals surface area (Å²) in [5, 5.41) is 6.37. The fraction of sp³-hybridized carbons (Fsp3) is 0.588. The van der Waals surface area contributed by atoms with Gasteiger partial charge in [0.2, 0.25) is 0 Å². The highest BCUT2D eigenvalue weighted by atomic mass is 127. The van der Waals surface area contributed by atoms with Gasteiger partial charge in [0, 0.05) is 19.6 Å². The lowest BCUT2D eigenvalue weighted by atomic mass is 10.1. The number of hydrogen-bond acceptors (Lipinski definition) is 2. The molecule has 0 aliphatic carbocycles. The van der Waals surface area contributed by atoms with Gasteiger partial charge >= 0.3 is 6.18 Å². The van der Waals surface area contributed by atoms with Gasteiger partial charge in [-0.05, 0) is 44.6 Å². The van der Waals surface area contributed by atoms with E-state index in [2.05, 4.69) is 27.4 Å². The average molecular weight is 472 g/mol. The van der Waals surface area contributed by atoms with E-state index in [0.29, 0.717) is 19.5 Å². The molecule has 25 heavy (non-hydrogen) atoms. The smallest absolute Gasteiger partial charge is 0.357 e. The molecule has 0 saturated carbocycles. The van der Waals surface area contributed by atoms with E-state index < -0.39 is 11.7 Å². The molecule has 0 radical (unpaired) electrons. The van der Waals surface area contributed by atoms with Gasteiger partial charge in [-0.25, -0.2) is 0 Å². The summed E-state index contributed by atoms with van der Waals surface area (Å²) in [4.78, 5) is 6.66. The van der Waals surface area contributed by atoms with E-state index in [1.54, 1.807) is 0 Å². The van der Waals surface area contributed by atoms with Crippen molar-refractivity contribution in [2.24, 2.45) is 4.99 Å². The van der Waals surface area contributed by atoms with Gasteiger partial charge in [0.25, 0.3) is 0 Å². The Labute approximate surface area is 165 Å². The second-order valence-electron chi connectivity index (χ2n) is 5.53. The zero-order chi connectivity index (χ0) is 18.0.